The van der Waals surface area contributed by atoms with Crippen molar-refractivity contribution in [3.8, 4) is 11.5 Å². The number of carboxylic acid groups (broad SMARTS) is 1. The molecule has 33 heavy (non-hydrogen) atoms. The number of hydrogen-bond acceptors (Lipinski definition) is 8. The molecule has 0 bridgehead atoms. The Morgan fingerprint density at radius 2 is 1.45 bits per heavy atom. The Labute approximate surface area is 194 Å². The van der Waals surface area contributed by atoms with Crippen LogP contribution in [0.2, 0.25) is 0 Å². The quantitative estimate of drug-likeness (QED) is 0.333. The highest BCUT2D eigenvalue weighted by Crippen LogP contribution is 2.30. The van der Waals surface area contributed by atoms with Gasteiger partial charge in [0.2, 0.25) is 0 Å². The molecule has 9 nitrogen and oxygen atoms in total. The number of rotatable bonds is 13. The summed E-state index contributed by atoms with van der Waals surface area (Å²) in [6, 6.07) is 3.64. The van der Waals surface area contributed by atoms with Crippen molar-refractivity contribution in [2.24, 2.45) is 11.8 Å². The molecule has 2 atom stereocenters. The van der Waals surface area contributed by atoms with E-state index in [1.54, 1.807) is 13.0 Å². The number of nitrogens with one attached hydrogen (secondary N) is 1. The van der Waals surface area contributed by atoms with Crippen LogP contribution in [0.4, 0.5) is 0 Å². The molecule has 1 aromatic carbocycles. The maximum atomic E-state index is 12.2. The third-order valence-corrected chi connectivity index (χ3v) is 4.36. The molecule has 0 spiro atoms. The molecule has 0 saturated carbocycles. The third kappa shape index (κ3) is 11.5. The molecular weight excluding hydrogens is 430 g/mol. The van der Waals surface area contributed by atoms with Crippen LogP contribution in [-0.4, -0.2) is 47.7 Å². The van der Waals surface area contributed by atoms with E-state index in [4.69, 9.17) is 14.2 Å². The summed E-state index contributed by atoms with van der Waals surface area (Å²) < 4.78 is 15.8. The van der Waals surface area contributed by atoms with E-state index >= 15 is 0 Å². The van der Waals surface area contributed by atoms with Crippen molar-refractivity contribution in [2.75, 3.05) is 6.54 Å². The summed E-state index contributed by atoms with van der Waals surface area (Å²) in [6.07, 6.45) is -0.0552. The molecule has 184 valence electrons. The second-order valence-electron chi connectivity index (χ2n) is 8.85. The van der Waals surface area contributed by atoms with Gasteiger partial charge in [-0.1, -0.05) is 33.8 Å². The van der Waals surface area contributed by atoms with E-state index in [2.05, 4.69) is 5.32 Å². The van der Waals surface area contributed by atoms with Gasteiger partial charge in [-0.25, -0.2) is 0 Å². The summed E-state index contributed by atoms with van der Waals surface area (Å²) in [4.78, 5) is 47.1. The molecule has 0 fully saturated rings. The number of carboxylic acids is 1. The summed E-state index contributed by atoms with van der Waals surface area (Å²) >= 11 is 0. The van der Waals surface area contributed by atoms with Gasteiger partial charge in [-0.05, 0) is 42.9 Å². The largest absolute Gasteiger partial charge is 0.480 e. The van der Waals surface area contributed by atoms with E-state index in [1.807, 2.05) is 27.7 Å². The summed E-state index contributed by atoms with van der Waals surface area (Å²) in [7, 11) is 0. The van der Waals surface area contributed by atoms with Crippen molar-refractivity contribution in [1.29, 1.82) is 0 Å². The highest BCUT2D eigenvalue weighted by molar-refractivity contribution is 5.77. The predicted octanol–water partition coefficient (Wildman–Crippen LogP) is 3.13. The number of carbonyl (C=O) groups excluding carboxylic acids is 3. The average Bonchev–Trinajstić information content (AvgIpc) is 2.64. The molecular formula is C24H35NO8. The lowest BCUT2D eigenvalue weighted by molar-refractivity contribution is -0.145. The van der Waals surface area contributed by atoms with Crippen LogP contribution in [0.3, 0.4) is 0 Å². The zero-order chi connectivity index (χ0) is 25.1. The van der Waals surface area contributed by atoms with Gasteiger partial charge in [-0.3, -0.25) is 19.2 Å². The monoisotopic (exact) mass is 465 g/mol. The molecule has 2 N–H and O–H groups in total. The maximum absolute atomic E-state index is 12.2. The Morgan fingerprint density at radius 1 is 0.909 bits per heavy atom. The highest BCUT2D eigenvalue weighted by atomic mass is 16.6. The van der Waals surface area contributed by atoms with E-state index in [9.17, 15) is 24.3 Å². The summed E-state index contributed by atoms with van der Waals surface area (Å²) in [5.41, 5.74) is 0.561. The van der Waals surface area contributed by atoms with E-state index in [-0.39, 0.29) is 49.1 Å². The Morgan fingerprint density at radius 3 is 1.94 bits per heavy atom. The molecule has 0 aliphatic heterocycles. The number of hydrogen-bond donors (Lipinski definition) is 2. The van der Waals surface area contributed by atoms with Crippen LogP contribution in [0.25, 0.3) is 0 Å². The summed E-state index contributed by atoms with van der Waals surface area (Å²) in [5, 5.41) is 12.4. The SMILES string of the molecule is CC(=O)OC(C)CN[C@@H](Cc1ccc(OC(=O)CC(C)C)c(OC(=O)CC(C)C)c1)C(=O)O. The number of esters is 3. The lowest BCUT2D eigenvalue weighted by atomic mass is 10.0. The lowest BCUT2D eigenvalue weighted by Crippen LogP contribution is -2.42. The van der Waals surface area contributed by atoms with Crippen molar-refractivity contribution >= 4 is 23.9 Å². The fourth-order valence-electron chi connectivity index (χ4n) is 2.95. The van der Waals surface area contributed by atoms with Crippen molar-refractivity contribution in [3.63, 3.8) is 0 Å². The highest BCUT2D eigenvalue weighted by Gasteiger charge is 2.22. The minimum atomic E-state index is -1.09. The summed E-state index contributed by atoms with van der Waals surface area (Å²) in [5.74, 6) is -2.14. The van der Waals surface area contributed by atoms with Gasteiger partial charge in [-0.15, -0.1) is 0 Å². The molecule has 1 aromatic rings. The molecule has 0 amide bonds. The van der Waals surface area contributed by atoms with Crippen LogP contribution in [0.15, 0.2) is 18.2 Å². The first-order valence-corrected chi connectivity index (χ1v) is 11.0. The smallest absolute Gasteiger partial charge is 0.321 e. The first-order chi connectivity index (χ1) is 15.4. The molecule has 0 saturated heterocycles. The standard InChI is InChI=1S/C24H35NO8/c1-14(2)9-22(27)32-20-8-7-18(12-21(20)33-23(28)10-15(3)4)11-19(24(29)30)25-13-16(5)31-17(6)26/h7-8,12,14-16,19,25H,9-11,13H2,1-6H3,(H,29,30)/t16?,19-/m0/s1. The third-order valence-electron chi connectivity index (χ3n) is 4.36. The van der Waals surface area contributed by atoms with Crippen LogP contribution in [0.5, 0.6) is 11.5 Å². The molecule has 0 heterocycles. The van der Waals surface area contributed by atoms with Gasteiger partial charge in [0, 0.05) is 26.3 Å². The molecule has 0 radical (unpaired) electrons. The van der Waals surface area contributed by atoms with E-state index in [0.717, 1.165) is 0 Å². The van der Waals surface area contributed by atoms with Crippen molar-refractivity contribution in [3.05, 3.63) is 23.8 Å². The Kier molecular flexibility index (Phi) is 11.6. The topological polar surface area (TPSA) is 128 Å². The van der Waals surface area contributed by atoms with Crippen LogP contribution < -0.4 is 14.8 Å². The zero-order valence-electron chi connectivity index (χ0n) is 20.2. The number of aliphatic carboxylic acids is 1. The maximum Gasteiger partial charge on any atom is 0.321 e. The van der Waals surface area contributed by atoms with Gasteiger partial charge in [-0.2, -0.15) is 0 Å². The Hall–Kier alpha value is -2.94. The van der Waals surface area contributed by atoms with Gasteiger partial charge >= 0.3 is 23.9 Å². The van der Waals surface area contributed by atoms with E-state index in [1.165, 1.54) is 19.1 Å². The lowest BCUT2D eigenvalue weighted by Gasteiger charge is -2.19. The first-order valence-electron chi connectivity index (χ1n) is 11.0. The molecule has 1 rings (SSSR count). The van der Waals surface area contributed by atoms with Crippen molar-refractivity contribution < 1.29 is 38.5 Å². The van der Waals surface area contributed by atoms with Gasteiger partial charge in [0.15, 0.2) is 11.5 Å². The molecule has 0 aromatic heterocycles. The van der Waals surface area contributed by atoms with Crippen LogP contribution in [0, 0.1) is 11.8 Å². The number of carbonyl (C=O) groups is 4. The zero-order valence-corrected chi connectivity index (χ0v) is 20.2. The number of benzene rings is 1. The molecule has 0 aliphatic rings. The Bertz CT molecular complexity index is 834. The van der Waals surface area contributed by atoms with Crippen LogP contribution >= 0.6 is 0 Å². The second-order valence-corrected chi connectivity index (χ2v) is 8.85. The molecule has 9 heteroatoms. The fraction of sp³-hybridized carbons (Fsp3) is 0.583. The average molecular weight is 466 g/mol. The normalized spacial score (nSPS) is 12.8. The number of ether oxygens (including phenoxy) is 3. The van der Waals surface area contributed by atoms with E-state index in [0.29, 0.717) is 5.56 Å². The van der Waals surface area contributed by atoms with Crippen LogP contribution in [-0.2, 0) is 30.3 Å². The van der Waals surface area contributed by atoms with Crippen LogP contribution in [0.1, 0.15) is 59.9 Å². The van der Waals surface area contributed by atoms with Gasteiger partial charge in [0.25, 0.3) is 0 Å². The van der Waals surface area contributed by atoms with E-state index < -0.39 is 36.0 Å². The van der Waals surface area contributed by atoms with Gasteiger partial charge in [0.1, 0.15) is 12.1 Å². The molecule has 0 aliphatic carbocycles. The fourth-order valence-corrected chi connectivity index (χ4v) is 2.95. The van der Waals surface area contributed by atoms with Gasteiger partial charge < -0.3 is 24.6 Å². The first kappa shape index (κ1) is 28.1. The Balaban J connectivity index is 3.05. The summed E-state index contributed by atoms with van der Waals surface area (Å²) in [6.45, 7) is 10.6. The predicted molar refractivity (Wildman–Crippen MR) is 121 cm³/mol. The van der Waals surface area contributed by atoms with Crippen molar-refractivity contribution in [2.45, 2.75) is 73.0 Å². The van der Waals surface area contributed by atoms with Gasteiger partial charge in [0.05, 0.1) is 0 Å². The minimum Gasteiger partial charge on any atom is -0.480 e. The molecule has 1 unspecified atom stereocenters. The second kappa shape index (κ2) is 13.6. The van der Waals surface area contributed by atoms with Crippen molar-refractivity contribution in [1.82, 2.24) is 5.32 Å². The minimum absolute atomic E-state index is 0.0627.